The Bertz CT molecular complexity index is 2340. The summed E-state index contributed by atoms with van der Waals surface area (Å²) in [5.41, 5.74) is 14.5. The second kappa shape index (κ2) is 19.6. The van der Waals surface area contributed by atoms with Crippen molar-refractivity contribution in [2.24, 2.45) is 0 Å². The number of anilines is 4. The van der Waals surface area contributed by atoms with Crippen molar-refractivity contribution in [3.63, 3.8) is 0 Å². The van der Waals surface area contributed by atoms with E-state index in [2.05, 4.69) is 41.2 Å². The van der Waals surface area contributed by atoms with Gasteiger partial charge in [-0.15, -0.1) is 0 Å². The van der Waals surface area contributed by atoms with E-state index < -0.39 is 53.5 Å². The zero-order valence-corrected chi connectivity index (χ0v) is 33.0. The summed E-state index contributed by atoms with van der Waals surface area (Å²) in [4.78, 5) is 107. The molecule has 2 aliphatic heterocycles. The number of nitrogens with two attached hydrogens (primary N) is 2. The van der Waals surface area contributed by atoms with Gasteiger partial charge in [-0.3, -0.25) is 43.8 Å². The van der Waals surface area contributed by atoms with Crippen molar-refractivity contribution in [3.8, 4) is 0 Å². The van der Waals surface area contributed by atoms with Crippen molar-refractivity contribution in [3.05, 3.63) is 71.0 Å². The molecule has 2 aliphatic rings. The lowest BCUT2D eigenvalue weighted by molar-refractivity contribution is -0.138. The highest BCUT2D eigenvalue weighted by Crippen LogP contribution is 2.32. The van der Waals surface area contributed by atoms with Crippen LogP contribution >= 0.6 is 0 Å². The number of imide groups is 2. The van der Waals surface area contributed by atoms with Gasteiger partial charge in [0.15, 0.2) is 17.0 Å². The van der Waals surface area contributed by atoms with E-state index in [1.807, 2.05) is 11.9 Å². The standard InChI is InChI=1S/C39H44N12O10/c1-50(20-22-19-44-33-31(45-22)32(40)48-39(41)49-33)23-7-5-21(6-8-23)34(55)46-26(9-12-29(53)54)35(56)43-14-16-61-18-17-60-15-13-42-25-4-2-3-24-30(25)38(59)51(37(24)58)27-10-11-28(52)47-36(27)57/h2-8,19,26-27,42H,9-18,20H2,1H3,(H,43,56)(H,46,55)(H,53,54)(H,47,52,57)(H4,40,41,44,48,49). The molecule has 2 aromatic carbocycles. The molecule has 0 saturated carbocycles. The second-order valence-corrected chi connectivity index (χ2v) is 14.0. The molecule has 0 bridgehead atoms. The van der Waals surface area contributed by atoms with Crippen LogP contribution in [0.2, 0.25) is 0 Å². The quantitative estimate of drug-likeness (QED) is 0.0449. The van der Waals surface area contributed by atoms with Crippen LogP contribution in [0.4, 0.5) is 23.1 Å². The molecule has 9 N–H and O–H groups in total. The Morgan fingerprint density at radius 2 is 1.70 bits per heavy atom. The summed E-state index contributed by atoms with van der Waals surface area (Å²) in [6, 6.07) is 9.16. The van der Waals surface area contributed by atoms with E-state index in [4.69, 9.17) is 20.9 Å². The van der Waals surface area contributed by atoms with Gasteiger partial charge in [-0.2, -0.15) is 9.97 Å². The minimum atomic E-state index is -1.13. The normalized spacial score (nSPS) is 15.3. The summed E-state index contributed by atoms with van der Waals surface area (Å²) < 4.78 is 11.1. The van der Waals surface area contributed by atoms with Gasteiger partial charge < -0.3 is 46.9 Å². The molecule has 22 nitrogen and oxygen atoms in total. The van der Waals surface area contributed by atoms with E-state index in [-0.39, 0.29) is 99.3 Å². The third-order valence-electron chi connectivity index (χ3n) is 9.69. The number of nitrogens with one attached hydrogen (secondary N) is 4. The van der Waals surface area contributed by atoms with Gasteiger partial charge >= 0.3 is 5.97 Å². The van der Waals surface area contributed by atoms with E-state index in [9.17, 15) is 38.7 Å². The molecular formula is C39H44N12O10. The van der Waals surface area contributed by atoms with Crippen LogP contribution in [0.25, 0.3) is 11.2 Å². The zero-order chi connectivity index (χ0) is 43.6. The summed E-state index contributed by atoms with van der Waals surface area (Å²) >= 11 is 0. The predicted octanol–water partition coefficient (Wildman–Crippen LogP) is -0.153. The topological polar surface area (TPSA) is 316 Å². The van der Waals surface area contributed by atoms with Crippen LogP contribution in [-0.2, 0) is 35.2 Å². The van der Waals surface area contributed by atoms with Gasteiger partial charge in [0.25, 0.3) is 17.7 Å². The van der Waals surface area contributed by atoms with Crippen LogP contribution in [0.1, 0.15) is 62.5 Å². The van der Waals surface area contributed by atoms with Crippen LogP contribution in [0.5, 0.6) is 0 Å². The van der Waals surface area contributed by atoms with Crippen molar-refractivity contribution in [1.29, 1.82) is 0 Å². The Kier molecular flexibility index (Phi) is 13.9. The fourth-order valence-corrected chi connectivity index (χ4v) is 6.65. The molecule has 4 heterocycles. The molecule has 1 saturated heterocycles. The smallest absolute Gasteiger partial charge is 0.303 e. The number of aliphatic carboxylic acids is 1. The molecule has 1 fully saturated rings. The number of fused-ring (bicyclic) bond motifs is 2. The van der Waals surface area contributed by atoms with Crippen LogP contribution in [0.3, 0.4) is 0 Å². The average Bonchev–Trinajstić information content (AvgIpc) is 3.48. The molecule has 22 heteroatoms. The maximum atomic E-state index is 13.2. The number of piperidine rings is 1. The van der Waals surface area contributed by atoms with Crippen LogP contribution in [0.15, 0.2) is 48.7 Å². The van der Waals surface area contributed by atoms with Gasteiger partial charge in [0, 0.05) is 49.9 Å². The van der Waals surface area contributed by atoms with Crippen molar-refractivity contribution in [2.45, 2.75) is 44.3 Å². The number of carbonyl (C=O) groups is 7. The first-order valence-electron chi connectivity index (χ1n) is 19.2. The molecule has 0 aliphatic carbocycles. The van der Waals surface area contributed by atoms with Crippen molar-refractivity contribution in [1.82, 2.24) is 40.8 Å². The number of carboxylic acids is 1. The Balaban J connectivity index is 0.894. The van der Waals surface area contributed by atoms with Crippen molar-refractivity contribution in [2.75, 3.05) is 68.2 Å². The molecule has 320 valence electrons. The summed E-state index contributed by atoms with van der Waals surface area (Å²) in [7, 11) is 1.82. The fourth-order valence-electron chi connectivity index (χ4n) is 6.65. The number of nitrogen functional groups attached to an aromatic ring is 2. The number of ether oxygens (including phenoxy) is 2. The molecule has 0 radical (unpaired) electrons. The lowest BCUT2D eigenvalue weighted by atomic mass is 10.0. The Morgan fingerprint density at radius 3 is 2.43 bits per heavy atom. The van der Waals surface area contributed by atoms with Gasteiger partial charge in [0.1, 0.15) is 12.1 Å². The maximum absolute atomic E-state index is 13.2. The van der Waals surface area contributed by atoms with Gasteiger partial charge in [0.2, 0.25) is 23.7 Å². The number of aromatic nitrogens is 4. The SMILES string of the molecule is CN(Cc1cnc2nc(N)nc(N)c2n1)c1ccc(C(=O)NC(CCC(=O)O)C(=O)NCCOCCOCCNc2cccc3c2C(=O)N(C2CCC(=O)NC2=O)C3=O)cc1. The van der Waals surface area contributed by atoms with Gasteiger partial charge in [-0.1, -0.05) is 6.07 Å². The van der Waals surface area contributed by atoms with Crippen LogP contribution < -0.4 is 37.6 Å². The fraction of sp³-hybridized carbons (Fsp3) is 0.359. The lowest BCUT2D eigenvalue weighted by Gasteiger charge is -2.27. The molecule has 6 amide bonds. The minimum Gasteiger partial charge on any atom is -0.481 e. The summed E-state index contributed by atoms with van der Waals surface area (Å²) in [6.45, 7) is 1.41. The minimum absolute atomic E-state index is 0.00355. The number of amides is 6. The number of benzene rings is 2. The van der Waals surface area contributed by atoms with E-state index in [1.165, 1.54) is 6.07 Å². The summed E-state index contributed by atoms with van der Waals surface area (Å²) in [5, 5.41) is 19.8. The molecule has 6 rings (SSSR count). The lowest BCUT2D eigenvalue weighted by Crippen LogP contribution is -2.54. The van der Waals surface area contributed by atoms with Gasteiger partial charge in [-0.25, -0.2) is 9.97 Å². The molecule has 61 heavy (non-hydrogen) atoms. The molecule has 2 unspecified atom stereocenters. The Hall–Kier alpha value is -7.33. The number of rotatable bonds is 20. The highest BCUT2D eigenvalue weighted by Gasteiger charge is 2.45. The van der Waals surface area contributed by atoms with Gasteiger partial charge in [0.05, 0.1) is 56.0 Å². The first kappa shape index (κ1) is 43.3. The maximum Gasteiger partial charge on any atom is 0.303 e. The van der Waals surface area contributed by atoms with E-state index in [0.29, 0.717) is 23.4 Å². The van der Waals surface area contributed by atoms with Crippen molar-refractivity contribution >= 4 is 75.7 Å². The number of hydrogen-bond donors (Lipinski definition) is 7. The number of carbonyl (C=O) groups excluding carboxylic acids is 6. The average molecular weight is 841 g/mol. The zero-order valence-electron chi connectivity index (χ0n) is 33.0. The number of nitrogens with zero attached hydrogens (tertiary/aromatic N) is 6. The highest BCUT2D eigenvalue weighted by molar-refractivity contribution is 6.25. The molecule has 0 spiro atoms. The predicted molar refractivity (Wildman–Crippen MR) is 217 cm³/mol. The Labute approximate surface area is 347 Å². The third-order valence-corrected chi connectivity index (χ3v) is 9.69. The largest absolute Gasteiger partial charge is 0.481 e. The van der Waals surface area contributed by atoms with Crippen LogP contribution in [0, 0.1) is 0 Å². The third kappa shape index (κ3) is 10.7. The molecule has 2 aromatic heterocycles. The first-order valence-corrected chi connectivity index (χ1v) is 19.2. The van der Waals surface area contributed by atoms with Gasteiger partial charge in [-0.05, 0) is 49.2 Å². The highest BCUT2D eigenvalue weighted by atomic mass is 16.5. The monoisotopic (exact) mass is 840 g/mol. The van der Waals surface area contributed by atoms with E-state index in [0.717, 1.165) is 10.6 Å². The summed E-state index contributed by atoms with van der Waals surface area (Å²) in [5.74, 6) is -4.51. The second-order valence-electron chi connectivity index (χ2n) is 14.0. The first-order chi connectivity index (χ1) is 29.3. The number of hydrogen-bond acceptors (Lipinski definition) is 17. The molecule has 4 aromatic rings. The summed E-state index contributed by atoms with van der Waals surface area (Å²) in [6.07, 6.45) is 1.14. The van der Waals surface area contributed by atoms with E-state index >= 15 is 0 Å². The molecule has 2 atom stereocenters. The Morgan fingerprint density at radius 1 is 0.967 bits per heavy atom. The number of carboxylic acid groups (broad SMARTS) is 1. The van der Waals surface area contributed by atoms with Crippen LogP contribution in [-0.4, -0.2) is 130 Å². The van der Waals surface area contributed by atoms with Crippen molar-refractivity contribution < 1.29 is 48.1 Å². The van der Waals surface area contributed by atoms with E-state index in [1.54, 1.807) is 42.6 Å². The molecular weight excluding hydrogens is 797 g/mol.